The van der Waals surface area contributed by atoms with Gasteiger partial charge in [0.25, 0.3) is 0 Å². The largest absolute Gasteiger partial charge is 0.496 e. The fraction of sp³-hybridized carbons (Fsp3) is 0.429. The molecule has 1 rings (SSSR count). The summed E-state index contributed by atoms with van der Waals surface area (Å²) in [5.41, 5.74) is 2.78. The number of benzene rings is 1. The molecule has 1 aromatic carbocycles. The summed E-state index contributed by atoms with van der Waals surface area (Å²) in [6.45, 7) is 4.18. The maximum absolute atomic E-state index is 11.3. The second kappa shape index (κ2) is 6.10. The Morgan fingerprint density at radius 3 is 2.42 bits per heavy atom. The molecule has 0 saturated heterocycles. The second-order valence-corrected chi connectivity index (χ2v) is 4.29. The van der Waals surface area contributed by atoms with E-state index in [4.69, 9.17) is 14.7 Å². The summed E-state index contributed by atoms with van der Waals surface area (Å²) in [5, 5.41) is 8.61. The average molecular weight is 262 g/mol. The molecule has 0 radical (unpaired) electrons. The van der Waals surface area contributed by atoms with Crippen molar-refractivity contribution in [1.82, 2.24) is 4.90 Å². The predicted molar refractivity (Wildman–Crippen MR) is 71.1 cm³/mol. The molecule has 1 aromatic rings. The molecule has 0 atom stereocenters. The molecule has 19 heavy (non-hydrogen) atoms. The third-order valence-corrected chi connectivity index (χ3v) is 3.14. The zero-order valence-corrected chi connectivity index (χ0v) is 11.9. The van der Waals surface area contributed by atoms with Gasteiger partial charge < -0.3 is 14.4 Å². The van der Waals surface area contributed by atoms with Crippen LogP contribution in [-0.4, -0.2) is 32.1 Å². The Morgan fingerprint density at radius 2 is 1.95 bits per heavy atom. The van der Waals surface area contributed by atoms with Gasteiger partial charge in [0.05, 0.1) is 20.8 Å². The number of nitriles is 1. The zero-order valence-electron chi connectivity index (χ0n) is 11.9. The Bertz CT molecular complexity index is 532. The molecule has 0 unspecified atom stereocenters. The van der Waals surface area contributed by atoms with E-state index in [0.717, 1.165) is 28.2 Å². The summed E-state index contributed by atoms with van der Waals surface area (Å²) >= 11 is 0. The van der Waals surface area contributed by atoms with E-state index >= 15 is 0 Å². The Kier molecular flexibility index (Phi) is 4.76. The van der Waals surface area contributed by atoms with E-state index in [2.05, 4.69) is 0 Å². The minimum Gasteiger partial charge on any atom is -0.496 e. The Hall–Kier alpha value is -2.22. The number of hydrogen-bond donors (Lipinski definition) is 0. The normalized spacial score (nSPS) is 9.68. The summed E-state index contributed by atoms with van der Waals surface area (Å²) in [6.07, 6.45) is 0. The van der Waals surface area contributed by atoms with Gasteiger partial charge in [-0.3, -0.25) is 4.79 Å². The van der Waals surface area contributed by atoms with E-state index in [9.17, 15) is 4.79 Å². The SMILES string of the molecule is COc1cc(CN(C)C(=O)C#N)c(OC)c(C)c1C. The Balaban J connectivity index is 3.23. The number of nitrogens with zero attached hydrogens (tertiary/aromatic N) is 2. The van der Waals surface area contributed by atoms with Crippen LogP contribution in [0.3, 0.4) is 0 Å². The van der Waals surface area contributed by atoms with Gasteiger partial charge >= 0.3 is 5.91 Å². The molecule has 1 amide bonds. The quantitative estimate of drug-likeness (QED) is 0.776. The van der Waals surface area contributed by atoms with Gasteiger partial charge in [-0.1, -0.05) is 0 Å². The van der Waals surface area contributed by atoms with Gasteiger partial charge in [0, 0.05) is 12.6 Å². The molecule has 0 N–H and O–H groups in total. The molecule has 0 aromatic heterocycles. The summed E-state index contributed by atoms with van der Waals surface area (Å²) in [5.74, 6) is 0.876. The molecule has 0 aliphatic carbocycles. The highest BCUT2D eigenvalue weighted by Crippen LogP contribution is 2.33. The van der Waals surface area contributed by atoms with Crippen LogP contribution in [0, 0.1) is 25.2 Å². The number of carbonyl (C=O) groups excluding carboxylic acids is 1. The summed E-state index contributed by atoms with van der Waals surface area (Å²) in [4.78, 5) is 12.7. The fourth-order valence-corrected chi connectivity index (χ4v) is 1.95. The van der Waals surface area contributed by atoms with E-state index in [-0.39, 0.29) is 0 Å². The van der Waals surface area contributed by atoms with Crippen molar-refractivity contribution in [3.8, 4) is 17.6 Å². The highest BCUT2D eigenvalue weighted by molar-refractivity contribution is 5.91. The van der Waals surface area contributed by atoms with Crippen molar-refractivity contribution in [2.45, 2.75) is 20.4 Å². The lowest BCUT2D eigenvalue weighted by atomic mass is 10.0. The highest BCUT2D eigenvalue weighted by atomic mass is 16.5. The lowest BCUT2D eigenvalue weighted by molar-refractivity contribution is -0.124. The van der Waals surface area contributed by atoms with Gasteiger partial charge in [0.15, 0.2) is 6.07 Å². The van der Waals surface area contributed by atoms with Crippen molar-refractivity contribution in [2.75, 3.05) is 21.3 Å². The Labute approximate surface area is 113 Å². The van der Waals surface area contributed by atoms with Crippen LogP contribution in [0.5, 0.6) is 11.5 Å². The summed E-state index contributed by atoms with van der Waals surface area (Å²) in [6, 6.07) is 3.43. The van der Waals surface area contributed by atoms with Gasteiger partial charge in [-0.25, -0.2) is 0 Å². The van der Waals surface area contributed by atoms with E-state index in [1.807, 2.05) is 19.9 Å². The first-order chi connectivity index (χ1) is 8.96. The molecule has 5 heteroatoms. The average Bonchev–Trinajstić information content (AvgIpc) is 2.41. The molecule has 0 aliphatic rings. The highest BCUT2D eigenvalue weighted by Gasteiger charge is 2.17. The van der Waals surface area contributed by atoms with Gasteiger partial charge in [0.1, 0.15) is 11.5 Å². The van der Waals surface area contributed by atoms with Gasteiger partial charge in [-0.15, -0.1) is 0 Å². The molecule has 0 saturated carbocycles. The van der Waals surface area contributed by atoms with Crippen molar-refractivity contribution < 1.29 is 14.3 Å². The van der Waals surface area contributed by atoms with E-state index < -0.39 is 5.91 Å². The molecular weight excluding hydrogens is 244 g/mol. The van der Waals surface area contributed by atoms with E-state index in [0.29, 0.717) is 6.54 Å². The first-order valence-corrected chi connectivity index (χ1v) is 5.82. The number of carbonyl (C=O) groups is 1. The molecule has 0 fully saturated rings. The molecule has 0 heterocycles. The van der Waals surface area contributed by atoms with Crippen LogP contribution in [0.4, 0.5) is 0 Å². The van der Waals surface area contributed by atoms with Crippen molar-refractivity contribution in [1.29, 1.82) is 5.26 Å². The molecule has 0 bridgehead atoms. The minimum atomic E-state index is -0.584. The van der Waals surface area contributed by atoms with Crippen LogP contribution in [0.15, 0.2) is 6.07 Å². The maximum Gasteiger partial charge on any atom is 0.325 e. The van der Waals surface area contributed by atoms with Crippen molar-refractivity contribution in [2.24, 2.45) is 0 Å². The lowest BCUT2D eigenvalue weighted by Crippen LogP contribution is -2.24. The van der Waals surface area contributed by atoms with Gasteiger partial charge in [0.2, 0.25) is 0 Å². The van der Waals surface area contributed by atoms with Crippen LogP contribution in [0.2, 0.25) is 0 Å². The van der Waals surface area contributed by atoms with E-state index in [1.165, 1.54) is 4.90 Å². The zero-order chi connectivity index (χ0) is 14.6. The van der Waals surface area contributed by atoms with Gasteiger partial charge in [-0.2, -0.15) is 5.26 Å². The monoisotopic (exact) mass is 262 g/mol. The van der Waals surface area contributed by atoms with Crippen LogP contribution >= 0.6 is 0 Å². The van der Waals surface area contributed by atoms with Crippen molar-refractivity contribution in [3.63, 3.8) is 0 Å². The maximum atomic E-state index is 11.3. The van der Waals surface area contributed by atoms with E-state index in [1.54, 1.807) is 27.3 Å². The van der Waals surface area contributed by atoms with Gasteiger partial charge in [-0.05, 0) is 31.0 Å². The topological polar surface area (TPSA) is 62.6 Å². The number of ether oxygens (including phenoxy) is 2. The smallest absolute Gasteiger partial charge is 0.325 e. The number of amides is 1. The number of rotatable bonds is 4. The number of methoxy groups -OCH3 is 2. The molecule has 5 nitrogen and oxygen atoms in total. The standard InChI is InChI=1S/C14H18N2O3/c1-9-10(2)14(19-5)11(6-12(9)18-4)8-16(3)13(17)7-15/h6H,8H2,1-5H3. The van der Waals surface area contributed by atoms with Crippen LogP contribution < -0.4 is 9.47 Å². The number of hydrogen-bond acceptors (Lipinski definition) is 4. The summed E-state index contributed by atoms with van der Waals surface area (Å²) < 4.78 is 10.7. The van der Waals surface area contributed by atoms with Crippen molar-refractivity contribution >= 4 is 5.91 Å². The second-order valence-electron chi connectivity index (χ2n) is 4.29. The first kappa shape index (κ1) is 14.8. The lowest BCUT2D eigenvalue weighted by Gasteiger charge is -2.20. The van der Waals surface area contributed by atoms with Crippen LogP contribution in [-0.2, 0) is 11.3 Å². The van der Waals surface area contributed by atoms with Crippen LogP contribution in [0.25, 0.3) is 0 Å². The Morgan fingerprint density at radius 1 is 1.32 bits per heavy atom. The van der Waals surface area contributed by atoms with Crippen LogP contribution in [0.1, 0.15) is 16.7 Å². The summed E-state index contributed by atoms with van der Waals surface area (Å²) in [7, 11) is 4.76. The molecule has 102 valence electrons. The molecule has 0 spiro atoms. The molecular formula is C14H18N2O3. The first-order valence-electron chi connectivity index (χ1n) is 5.82. The fourth-order valence-electron chi connectivity index (χ4n) is 1.95. The minimum absolute atomic E-state index is 0.299. The third kappa shape index (κ3) is 2.97. The predicted octanol–water partition coefficient (Wildman–Crippen LogP) is 1.80. The van der Waals surface area contributed by atoms with Crippen molar-refractivity contribution in [3.05, 3.63) is 22.8 Å². The molecule has 0 aliphatic heterocycles. The third-order valence-electron chi connectivity index (χ3n) is 3.14.